The van der Waals surface area contributed by atoms with Crippen molar-refractivity contribution in [2.45, 2.75) is 41.0 Å². The number of rotatable bonds is 3. The molecule has 0 amide bonds. The van der Waals surface area contributed by atoms with Crippen LogP contribution in [0.1, 0.15) is 41.0 Å². The Morgan fingerprint density at radius 2 is 1.91 bits per heavy atom. The van der Waals surface area contributed by atoms with Crippen molar-refractivity contribution in [2.75, 3.05) is 0 Å². The van der Waals surface area contributed by atoms with Crippen LogP contribution in [0.3, 0.4) is 0 Å². The van der Waals surface area contributed by atoms with Crippen molar-refractivity contribution >= 4 is 0 Å². The predicted molar refractivity (Wildman–Crippen MR) is 52.6 cm³/mol. The first kappa shape index (κ1) is 10.5. The molecule has 0 aromatic heterocycles. The lowest BCUT2D eigenvalue weighted by atomic mass is 9.95. The summed E-state index contributed by atoms with van der Waals surface area (Å²) in [6.45, 7) is 11.0. The molecule has 0 N–H and O–H groups in total. The van der Waals surface area contributed by atoms with Gasteiger partial charge in [-0.1, -0.05) is 38.5 Å². The zero-order valence-corrected chi connectivity index (χ0v) is 8.44. The highest BCUT2D eigenvalue weighted by Crippen LogP contribution is 2.18. The number of hydrogen-bond acceptors (Lipinski definition) is 0. The van der Waals surface area contributed by atoms with Gasteiger partial charge in [-0.15, -0.1) is 0 Å². The molecule has 0 saturated carbocycles. The normalized spacial score (nSPS) is 14.4. The molecule has 0 heteroatoms. The SMILES string of the molecule is C/C=C(\C(C)=C\CC)C(C)C. The highest BCUT2D eigenvalue weighted by atomic mass is 14.1. The van der Waals surface area contributed by atoms with Crippen molar-refractivity contribution in [1.82, 2.24) is 0 Å². The third-order valence-corrected chi connectivity index (χ3v) is 1.90. The van der Waals surface area contributed by atoms with Gasteiger partial charge in [0.2, 0.25) is 0 Å². The van der Waals surface area contributed by atoms with E-state index in [0.29, 0.717) is 5.92 Å². The van der Waals surface area contributed by atoms with Crippen LogP contribution in [-0.2, 0) is 0 Å². The van der Waals surface area contributed by atoms with E-state index in [1.165, 1.54) is 11.1 Å². The zero-order valence-electron chi connectivity index (χ0n) is 8.44. The van der Waals surface area contributed by atoms with Gasteiger partial charge in [-0.25, -0.2) is 0 Å². The molecule has 0 rings (SSSR count). The van der Waals surface area contributed by atoms with Crippen molar-refractivity contribution in [3.63, 3.8) is 0 Å². The van der Waals surface area contributed by atoms with Crippen LogP contribution in [0, 0.1) is 5.92 Å². The molecule has 0 bridgehead atoms. The maximum absolute atomic E-state index is 2.29. The lowest BCUT2D eigenvalue weighted by Crippen LogP contribution is -1.94. The van der Waals surface area contributed by atoms with Crippen molar-refractivity contribution in [1.29, 1.82) is 0 Å². The van der Waals surface area contributed by atoms with E-state index < -0.39 is 0 Å². The Hall–Kier alpha value is -0.520. The van der Waals surface area contributed by atoms with Crippen LogP contribution >= 0.6 is 0 Å². The second kappa shape index (κ2) is 5.17. The maximum Gasteiger partial charge on any atom is -0.0220 e. The van der Waals surface area contributed by atoms with Crippen LogP contribution in [0.15, 0.2) is 23.3 Å². The molecule has 0 aliphatic heterocycles. The van der Waals surface area contributed by atoms with Gasteiger partial charge < -0.3 is 0 Å². The third-order valence-electron chi connectivity index (χ3n) is 1.90. The molecule has 0 fully saturated rings. The second-order valence-corrected chi connectivity index (χ2v) is 3.19. The first-order chi connectivity index (χ1) is 5.13. The zero-order chi connectivity index (χ0) is 8.85. The van der Waals surface area contributed by atoms with Crippen LogP contribution in [-0.4, -0.2) is 0 Å². The average Bonchev–Trinajstić information content (AvgIpc) is 1.88. The van der Waals surface area contributed by atoms with Crippen molar-refractivity contribution < 1.29 is 0 Å². The minimum atomic E-state index is 0.655. The summed E-state index contributed by atoms with van der Waals surface area (Å²) >= 11 is 0. The van der Waals surface area contributed by atoms with E-state index in [9.17, 15) is 0 Å². The van der Waals surface area contributed by atoms with Gasteiger partial charge in [0.05, 0.1) is 0 Å². The largest absolute Gasteiger partial charge is 0.0839 e. The molecule has 64 valence electrons. The Bertz CT molecular complexity index is 159. The molecule has 0 aromatic carbocycles. The predicted octanol–water partition coefficient (Wildman–Crippen LogP) is 3.95. The average molecular weight is 152 g/mol. The summed E-state index contributed by atoms with van der Waals surface area (Å²) in [5, 5.41) is 0. The van der Waals surface area contributed by atoms with Crippen LogP contribution in [0.4, 0.5) is 0 Å². The van der Waals surface area contributed by atoms with Gasteiger partial charge in [0, 0.05) is 0 Å². The summed E-state index contributed by atoms with van der Waals surface area (Å²) in [6, 6.07) is 0. The Morgan fingerprint density at radius 3 is 2.18 bits per heavy atom. The molecule has 0 nitrogen and oxygen atoms in total. The van der Waals surface area contributed by atoms with Crippen LogP contribution in [0.2, 0.25) is 0 Å². The highest BCUT2D eigenvalue weighted by Gasteiger charge is 2.02. The van der Waals surface area contributed by atoms with Gasteiger partial charge in [-0.3, -0.25) is 0 Å². The fourth-order valence-electron chi connectivity index (χ4n) is 1.44. The van der Waals surface area contributed by atoms with Crippen molar-refractivity contribution in [3.8, 4) is 0 Å². The molecule has 0 radical (unpaired) electrons. The fraction of sp³-hybridized carbons (Fsp3) is 0.636. The summed E-state index contributed by atoms with van der Waals surface area (Å²) < 4.78 is 0. The van der Waals surface area contributed by atoms with E-state index in [2.05, 4.69) is 46.8 Å². The van der Waals surface area contributed by atoms with Crippen molar-refractivity contribution in [2.24, 2.45) is 5.92 Å². The maximum atomic E-state index is 2.29. The molecular weight excluding hydrogens is 132 g/mol. The minimum absolute atomic E-state index is 0.655. The quantitative estimate of drug-likeness (QED) is 0.537. The van der Waals surface area contributed by atoms with Gasteiger partial charge in [0.15, 0.2) is 0 Å². The summed E-state index contributed by atoms with van der Waals surface area (Å²) in [6.07, 6.45) is 5.64. The molecule has 0 aliphatic carbocycles. The Labute approximate surface area is 71.0 Å². The summed E-state index contributed by atoms with van der Waals surface area (Å²) in [5.41, 5.74) is 2.91. The molecule has 0 unspecified atom stereocenters. The van der Waals surface area contributed by atoms with Gasteiger partial charge in [0.25, 0.3) is 0 Å². The van der Waals surface area contributed by atoms with Gasteiger partial charge in [0.1, 0.15) is 0 Å². The molecule has 0 saturated heterocycles. The van der Waals surface area contributed by atoms with Crippen LogP contribution in [0.25, 0.3) is 0 Å². The van der Waals surface area contributed by atoms with E-state index in [1.807, 2.05) is 0 Å². The number of allylic oxidation sites excluding steroid dienone is 4. The molecular formula is C11H20. The lowest BCUT2D eigenvalue weighted by Gasteiger charge is -2.10. The monoisotopic (exact) mass is 152 g/mol. The van der Waals surface area contributed by atoms with E-state index in [0.717, 1.165) is 6.42 Å². The summed E-state index contributed by atoms with van der Waals surface area (Å²) in [5.74, 6) is 0.655. The molecule has 0 heterocycles. The van der Waals surface area contributed by atoms with Crippen molar-refractivity contribution in [3.05, 3.63) is 23.3 Å². The topological polar surface area (TPSA) is 0 Å². The van der Waals surface area contributed by atoms with E-state index >= 15 is 0 Å². The van der Waals surface area contributed by atoms with E-state index in [1.54, 1.807) is 0 Å². The smallest absolute Gasteiger partial charge is 0.0220 e. The molecule has 11 heavy (non-hydrogen) atoms. The Morgan fingerprint density at radius 1 is 1.36 bits per heavy atom. The highest BCUT2D eigenvalue weighted by molar-refractivity contribution is 5.29. The molecule has 0 aromatic rings. The van der Waals surface area contributed by atoms with Gasteiger partial charge in [-0.2, -0.15) is 0 Å². The van der Waals surface area contributed by atoms with Gasteiger partial charge in [-0.05, 0) is 31.8 Å². The third kappa shape index (κ3) is 3.41. The van der Waals surface area contributed by atoms with Crippen LogP contribution in [0.5, 0.6) is 0 Å². The first-order valence-corrected chi connectivity index (χ1v) is 4.46. The Kier molecular flexibility index (Phi) is 4.93. The first-order valence-electron chi connectivity index (χ1n) is 4.46. The second-order valence-electron chi connectivity index (χ2n) is 3.19. The minimum Gasteiger partial charge on any atom is -0.0839 e. The van der Waals surface area contributed by atoms with Crippen LogP contribution < -0.4 is 0 Å². The standard InChI is InChI=1S/C11H20/c1-6-8-10(5)11(7-2)9(3)4/h7-9H,6H2,1-5H3/b10-8+,11-7-. The molecule has 0 atom stereocenters. The lowest BCUT2D eigenvalue weighted by molar-refractivity contribution is 0.774. The number of hydrogen-bond donors (Lipinski definition) is 0. The van der Waals surface area contributed by atoms with Gasteiger partial charge >= 0.3 is 0 Å². The summed E-state index contributed by atoms with van der Waals surface area (Å²) in [4.78, 5) is 0. The van der Waals surface area contributed by atoms with E-state index in [-0.39, 0.29) is 0 Å². The molecule has 0 aliphatic rings. The fourth-order valence-corrected chi connectivity index (χ4v) is 1.44. The Balaban J connectivity index is 4.40. The molecule has 0 spiro atoms. The van der Waals surface area contributed by atoms with E-state index in [4.69, 9.17) is 0 Å². The summed E-state index contributed by atoms with van der Waals surface area (Å²) in [7, 11) is 0.